The summed E-state index contributed by atoms with van der Waals surface area (Å²) in [6, 6.07) is 6.50. The lowest BCUT2D eigenvalue weighted by atomic mass is 9.96. The number of benzene rings is 1. The summed E-state index contributed by atoms with van der Waals surface area (Å²) < 4.78 is 13.1. The van der Waals surface area contributed by atoms with Crippen LogP contribution in [0.3, 0.4) is 0 Å². The zero-order valence-electron chi connectivity index (χ0n) is 18.2. The standard InChI is InChI=1S/C22H28N6O3/c1-22(2,3)30-21(29)27-8-6-14(7-9-27)19-25-20(31-26-19)15-4-5-16-11-24-28(18(16)10-15)17-12-23-13-17/h4-5,10-11,14,17,23H,6-9,12-13H2,1-3H3. The molecular weight excluding hydrogens is 396 g/mol. The van der Waals surface area contributed by atoms with Gasteiger partial charge in [0, 0.05) is 43.0 Å². The van der Waals surface area contributed by atoms with Crippen LogP contribution in [-0.2, 0) is 4.74 Å². The molecule has 0 radical (unpaired) electrons. The van der Waals surface area contributed by atoms with Gasteiger partial charge in [-0.25, -0.2) is 4.79 Å². The van der Waals surface area contributed by atoms with Crippen molar-refractivity contribution in [3.05, 3.63) is 30.2 Å². The molecule has 0 unspecified atom stereocenters. The van der Waals surface area contributed by atoms with Crippen molar-refractivity contribution in [1.82, 2.24) is 30.1 Å². The van der Waals surface area contributed by atoms with Crippen molar-refractivity contribution < 1.29 is 14.1 Å². The zero-order chi connectivity index (χ0) is 21.6. The third kappa shape index (κ3) is 4.01. The van der Waals surface area contributed by atoms with Crippen molar-refractivity contribution >= 4 is 17.0 Å². The quantitative estimate of drug-likeness (QED) is 0.688. The first-order valence-corrected chi connectivity index (χ1v) is 10.9. The molecule has 9 nitrogen and oxygen atoms in total. The Kier molecular flexibility index (Phi) is 4.92. The maximum absolute atomic E-state index is 12.3. The van der Waals surface area contributed by atoms with Gasteiger partial charge in [-0.1, -0.05) is 11.2 Å². The van der Waals surface area contributed by atoms with Crippen molar-refractivity contribution in [3.8, 4) is 11.5 Å². The van der Waals surface area contributed by atoms with E-state index in [-0.39, 0.29) is 12.0 Å². The summed E-state index contributed by atoms with van der Waals surface area (Å²) in [6.45, 7) is 8.78. The first-order valence-electron chi connectivity index (χ1n) is 10.9. The van der Waals surface area contributed by atoms with E-state index in [4.69, 9.17) is 9.26 Å². The number of hydrogen-bond acceptors (Lipinski definition) is 7. The van der Waals surface area contributed by atoms with Gasteiger partial charge in [0.05, 0.1) is 17.8 Å². The molecule has 3 aromatic rings. The van der Waals surface area contributed by atoms with Crippen LogP contribution in [0.2, 0.25) is 0 Å². The van der Waals surface area contributed by atoms with E-state index < -0.39 is 5.60 Å². The zero-order valence-corrected chi connectivity index (χ0v) is 18.2. The lowest BCUT2D eigenvalue weighted by Crippen LogP contribution is -2.43. The summed E-state index contributed by atoms with van der Waals surface area (Å²) in [5.41, 5.74) is 1.49. The largest absolute Gasteiger partial charge is 0.444 e. The molecule has 0 atom stereocenters. The Labute approximate surface area is 180 Å². The molecule has 2 aliphatic rings. The lowest BCUT2D eigenvalue weighted by Gasteiger charge is -2.32. The van der Waals surface area contributed by atoms with Crippen LogP contribution in [0.1, 0.15) is 51.4 Å². The summed E-state index contributed by atoms with van der Waals surface area (Å²) in [5, 5.41) is 13.2. The number of aromatic nitrogens is 4. The smallest absolute Gasteiger partial charge is 0.410 e. The van der Waals surface area contributed by atoms with Crippen LogP contribution in [0, 0.1) is 0 Å². The first kappa shape index (κ1) is 20.0. The Morgan fingerprint density at radius 1 is 1.23 bits per heavy atom. The van der Waals surface area contributed by atoms with Crippen LogP contribution in [0.15, 0.2) is 28.9 Å². The van der Waals surface area contributed by atoms with Gasteiger partial charge in [-0.05, 0) is 45.7 Å². The number of likely N-dealkylation sites (tertiary alicyclic amines) is 1. The second kappa shape index (κ2) is 7.64. The molecule has 0 aliphatic carbocycles. The molecule has 0 bridgehead atoms. The number of carbonyl (C=O) groups excluding carboxylic acids is 1. The van der Waals surface area contributed by atoms with E-state index in [9.17, 15) is 4.79 Å². The number of nitrogens with zero attached hydrogens (tertiary/aromatic N) is 5. The van der Waals surface area contributed by atoms with Crippen LogP contribution in [0.5, 0.6) is 0 Å². The van der Waals surface area contributed by atoms with E-state index in [1.54, 1.807) is 4.90 Å². The van der Waals surface area contributed by atoms with Crippen LogP contribution >= 0.6 is 0 Å². The molecule has 0 saturated carbocycles. The van der Waals surface area contributed by atoms with Crippen LogP contribution in [-0.4, -0.2) is 62.7 Å². The Morgan fingerprint density at radius 3 is 2.68 bits per heavy atom. The molecule has 5 rings (SSSR count). The fourth-order valence-corrected chi connectivity index (χ4v) is 4.07. The number of ether oxygens (including phenoxy) is 1. The molecule has 2 fully saturated rings. The van der Waals surface area contributed by atoms with Gasteiger partial charge in [0.25, 0.3) is 5.89 Å². The average Bonchev–Trinajstić information content (AvgIpc) is 3.33. The van der Waals surface area contributed by atoms with Gasteiger partial charge in [0.15, 0.2) is 5.82 Å². The third-order valence-corrected chi connectivity index (χ3v) is 5.90. The van der Waals surface area contributed by atoms with Crippen molar-refractivity contribution in [3.63, 3.8) is 0 Å². The highest BCUT2D eigenvalue weighted by Gasteiger charge is 2.30. The minimum absolute atomic E-state index is 0.173. The van der Waals surface area contributed by atoms with E-state index in [1.165, 1.54) is 0 Å². The van der Waals surface area contributed by atoms with Crippen LogP contribution < -0.4 is 5.32 Å². The fourth-order valence-electron chi connectivity index (χ4n) is 4.07. The van der Waals surface area contributed by atoms with Gasteiger partial charge in [0.1, 0.15) is 5.60 Å². The second-order valence-corrected chi connectivity index (χ2v) is 9.37. The number of hydrogen-bond donors (Lipinski definition) is 1. The summed E-state index contributed by atoms with van der Waals surface area (Å²) in [4.78, 5) is 18.7. The molecule has 4 heterocycles. The molecular formula is C22H28N6O3. The Bertz CT molecular complexity index is 1090. The third-order valence-electron chi connectivity index (χ3n) is 5.90. The minimum Gasteiger partial charge on any atom is -0.444 e. The monoisotopic (exact) mass is 424 g/mol. The molecule has 2 aliphatic heterocycles. The molecule has 2 saturated heterocycles. The Morgan fingerprint density at radius 2 is 2.00 bits per heavy atom. The van der Waals surface area contributed by atoms with Crippen LogP contribution in [0.4, 0.5) is 4.79 Å². The van der Waals surface area contributed by atoms with E-state index >= 15 is 0 Å². The summed E-state index contributed by atoms with van der Waals surface area (Å²) in [5.74, 6) is 1.40. The number of amides is 1. The van der Waals surface area contributed by atoms with Gasteiger partial charge in [-0.3, -0.25) is 4.68 Å². The SMILES string of the molecule is CC(C)(C)OC(=O)N1CCC(c2noc(-c3ccc4cnn(C5CNC5)c4c3)n2)CC1. The first-order chi connectivity index (χ1) is 14.9. The fraction of sp³-hybridized carbons (Fsp3) is 0.545. The van der Waals surface area contributed by atoms with E-state index in [2.05, 4.69) is 31.3 Å². The van der Waals surface area contributed by atoms with Crippen molar-refractivity contribution in [2.75, 3.05) is 26.2 Å². The maximum Gasteiger partial charge on any atom is 0.410 e. The number of piperidine rings is 1. The predicted molar refractivity (Wildman–Crippen MR) is 115 cm³/mol. The summed E-state index contributed by atoms with van der Waals surface area (Å²) in [7, 11) is 0. The molecule has 0 spiro atoms. The van der Waals surface area contributed by atoms with E-state index in [0.29, 0.717) is 30.8 Å². The highest BCUT2D eigenvalue weighted by Crippen LogP contribution is 2.30. The lowest BCUT2D eigenvalue weighted by molar-refractivity contribution is 0.0203. The summed E-state index contributed by atoms with van der Waals surface area (Å²) in [6.07, 6.45) is 3.22. The molecule has 1 N–H and O–H groups in total. The van der Waals surface area contributed by atoms with E-state index in [0.717, 1.165) is 42.4 Å². The Balaban J connectivity index is 1.28. The van der Waals surface area contributed by atoms with Crippen molar-refractivity contribution in [1.29, 1.82) is 0 Å². The maximum atomic E-state index is 12.3. The highest BCUT2D eigenvalue weighted by molar-refractivity contribution is 5.83. The van der Waals surface area contributed by atoms with Gasteiger partial charge < -0.3 is 19.5 Å². The van der Waals surface area contributed by atoms with Crippen molar-refractivity contribution in [2.45, 2.75) is 51.2 Å². The average molecular weight is 425 g/mol. The number of rotatable bonds is 3. The molecule has 2 aromatic heterocycles. The number of carbonyl (C=O) groups is 1. The normalized spacial score (nSPS) is 18.4. The second-order valence-electron chi connectivity index (χ2n) is 9.37. The molecule has 31 heavy (non-hydrogen) atoms. The summed E-state index contributed by atoms with van der Waals surface area (Å²) >= 11 is 0. The van der Waals surface area contributed by atoms with Gasteiger partial charge >= 0.3 is 6.09 Å². The number of fused-ring (bicyclic) bond motifs is 1. The van der Waals surface area contributed by atoms with Gasteiger partial charge in [0.2, 0.25) is 0 Å². The number of nitrogens with one attached hydrogen (secondary N) is 1. The van der Waals surface area contributed by atoms with E-state index in [1.807, 2.05) is 39.1 Å². The molecule has 1 amide bonds. The highest BCUT2D eigenvalue weighted by atomic mass is 16.6. The van der Waals surface area contributed by atoms with Crippen molar-refractivity contribution in [2.24, 2.45) is 0 Å². The minimum atomic E-state index is -0.484. The molecule has 1 aromatic carbocycles. The van der Waals surface area contributed by atoms with Gasteiger partial charge in [-0.15, -0.1) is 0 Å². The molecule has 9 heteroatoms. The predicted octanol–water partition coefficient (Wildman–Crippen LogP) is 3.35. The Hall–Kier alpha value is -2.94. The topological polar surface area (TPSA) is 98.3 Å². The molecule has 164 valence electrons. The van der Waals surface area contributed by atoms with Gasteiger partial charge in [-0.2, -0.15) is 10.1 Å². The van der Waals surface area contributed by atoms with Crippen LogP contribution in [0.25, 0.3) is 22.4 Å².